The first kappa shape index (κ1) is 20.2. The molecule has 31 heavy (non-hydrogen) atoms. The number of carbonyl (C=O) groups is 1. The predicted molar refractivity (Wildman–Crippen MR) is 112 cm³/mol. The molecular formula is C20H19N7O4. The van der Waals surface area contributed by atoms with Crippen LogP contribution in [0, 0.1) is 28.4 Å². The smallest absolute Gasteiger partial charge is 0.270 e. The van der Waals surface area contributed by atoms with E-state index in [1.165, 1.54) is 12.1 Å². The molecule has 1 aliphatic heterocycles. The Morgan fingerprint density at radius 2 is 2.06 bits per heavy atom. The number of pyridine rings is 1. The summed E-state index contributed by atoms with van der Waals surface area (Å²) >= 11 is 0. The van der Waals surface area contributed by atoms with Crippen molar-refractivity contribution in [3.63, 3.8) is 0 Å². The highest BCUT2D eigenvalue weighted by atomic mass is 16.6. The average Bonchev–Trinajstić information content (AvgIpc) is 3.17. The number of nitrogens with zero attached hydrogens (tertiary/aromatic N) is 6. The number of non-ortho nitro benzene ring substituents is 1. The van der Waals surface area contributed by atoms with Crippen LogP contribution in [0.3, 0.4) is 0 Å². The second kappa shape index (κ2) is 8.37. The first-order chi connectivity index (χ1) is 14.9. The number of nitrogens with one attached hydrogen (secondary N) is 1. The van der Waals surface area contributed by atoms with Crippen molar-refractivity contribution < 1.29 is 14.2 Å². The fourth-order valence-electron chi connectivity index (χ4n) is 3.51. The molecular weight excluding hydrogens is 402 g/mol. The Kier molecular flexibility index (Phi) is 5.46. The van der Waals surface area contributed by atoms with Gasteiger partial charge in [-0.25, -0.2) is 4.98 Å². The Hall–Kier alpha value is -4.04. The van der Waals surface area contributed by atoms with Crippen LogP contribution < -0.4 is 10.2 Å². The molecule has 0 aliphatic carbocycles. The van der Waals surface area contributed by atoms with Gasteiger partial charge in [-0.15, -0.1) is 0 Å². The molecule has 0 atom stereocenters. The molecule has 3 aromatic rings. The van der Waals surface area contributed by atoms with E-state index >= 15 is 0 Å². The molecule has 1 fully saturated rings. The summed E-state index contributed by atoms with van der Waals surface area (Å²) in [5.74, 6) is 1.49. The van der Waals surface area contributed by atoms with E-state index in [0.29, 0.717) is 60.0 Å². The summed E-state index contributed by atoms with van der Waals surface area (Å²) in [5.41, 5.74) is 0.795. The van der Waals surface area contributed by atoms with Gasteiger partial charge in [0.05, 0.1) is 28.6 Å². The summed E-state index contributed by atoms with van der Waals surface area (Å²) in [6, 6.07) is 9.73. The number of hydrogen-bond donors (Lipinski definition) is 1. The van der Waals surface area contributed by atoms with Crippen LogP contribution in [-0.4, -0.2) is 58.6 Å². The van der Waals surface area contributed by atoms with Gasteiger partial charge in [0, 0.05) is 49.8 Å². The number of aromatic nitrogens is 2. The van der Waals surface area contributed by atoms with E-state index < -0.39 is 4.92 Å². The highest BCUT2D eigenvalue weighted by Crippen LogP contribution is 2.26. The van der Waals surface area contributed by atoms with Crippen molar-refractivity contribution in [3.8, 4) is 6.07 Å². The minimum atomic E-state index is -0.492. The van der Waals surface area contributed by atoms with Crippen LogP contribution >= 0.6 is 0 Å². The monoisotopic (exact) mass is 421 g/mol. The van der Waals surface area contributed by atoms with Gasteiger partial charge in [-0.3, -0.25) is 19.8 Å². The number of hydrogen-bond acceptors (Lipinski definition) is 9. The van der Waals surface area contributed by atoms with Crippen LogP contribution in [-0.2, 0) is 4.79 Å². The zero-order valence-corrected chi connectivity index (χ0v) is 16.7. The van der Waals surface area contributed by atoms with E-state index in [1.807, 2.05) is 9.80 Å². The molecule has 1 saturated heterocycles. The largest absolute Gasteiger partial charge is 0.360 e. The third kappa shape index (κ3) is 4.44. The number of fused-ring (bicyclic) bond motifs is 1. The topological polar surface area (TPSA) is 141 Å². The lowest BCUT2D eigenvalue weighted by molar-refractivity contribution is -0.384. The van der Waals surface area contributed by atoms with Crippen molar-refractivity contribution in [2.45, 2.75) is 6.92 Å². The van der Waals surface area contributed by atoms with Crippen molar-refractivity contribution >= 4 is 34.1 Å². The van der Waals surface area contributed by atoms with E-state index in [9.17, 15) is 20.2 Å². The number of anilines is 2. The molecule has 0 unspecified atom stereocenters. The lowest BCUT2D eigenvalue weighted by Crippen LogP contribution is -2.49. The lowest BCUT2D eigenvalue weighted by atomic mass is 10.1. The van der Waals surface area contributed by atoms with E-state index in [2.05, 4.69) is 21.5 Å². The van der Waals surface area contributed by atoms with Crippen LogP contribution in [0.2, 0.25) is 0 Å². The molecule has 2 aromatic heterocycles. The summed E-state index contributed by atoms with van der Waals surface area (Å²) in [7, 11) is 0. The molecule has 158 valence electrons. The number of benzene rings is 1. The summed E-state index contributed by atoms with van der Waals surface area (Å²) < 4.78 is 4.94. The van der Waals surface area contributed by atoms with E-state index in [0.717, 1.165) is 0 Å². The zero-order chi connectivity index (χ0) is 22.0. The van der Waals surface area contributed by atoms with Gasteiger partial charge in [0.15, 0.2) is 5.82 Å². The number of aryl methyl sites for hydroxylation is 1. The molecule has 0 spiro atoms. The maximum absolute atomic E-state index is 12.2. The van der Waals surface area contributed by atoms with E-state index in [4.69, 9.17) is 4.52 Å². The second-order valence-corrected chi connectivity index (χ2v) is 7.23. The Bertz CT molecular complexity index is 1190. The minimum Gasteiger partial charge on any atom is -0.360 e. The van der Waals surface area contributed by atoms with Crippen molar-refractivity contribution in [1.29, 1.82) is 5.26 Å². The number of carbonyl (C=O) groups excluding carboxylic acids is 1. The Morgan fingerprint density at radius 1 is 1.29 bits per heavy atom. The van der Waals surface area contributed by atoms with Crippen LogP contribution in [0.15, 0.2) is 34.9 Å². The molecule has 1 N–H and O–H groups in total. The van der Waals surface area contributed by atoms with Crippen molar-refractivity contribution in [2.75, 3.05) is 42.9 Å². The maximum Gasteiger partial charge on any atom is 0.270 e. The molecule has 1 aromatic carbocycles. The predicted octanol–water partition coefficient (Wildman–Crippen LogP) is 2.07. The molecule has 0 saturated carbocycles. The van der Waals surface area contributed by atoms with Gasteiger partial charge in [-0.1, -0.05) is 5.16 Å². The van der Waals surface area contributed by atoms with Gasteiger partial charge >= 0.3 is 0 Å². The first-order valence-corrected chi connectivity index (χ1v) is 9.63. The third-order valence-corrected chi connectivity index (χ3v) is 5.07. The minimum absolute atomic E-state index is 0.0776. The summed E-state index contributed by atoms with van der Waals surface area (Å²) in [6.07, 6.45) is 0. The molecule has 0 radical (unpaired) electrons. The molecule has 1 aliphatic rings. The number of nitro benzene ring substituents is 1. The van der Waals surface area contributed by atoms with Gasteiger partial charge in [-0.05, 0) is 19.1 Å². The van der Waals surface area contributed by atoms with Crippen molar-refractivity contribution in [2.24, 2.45) is 0 Å². The van der Waals surface area contributed by atoms with Gasteiger partial charge in [0.25, 0.3) is 5.69 Å². The van der Waals surface area contributed by atoms with Crippen LogP contribution in [0.1, 0.15) is 11.3 Å². The highest BCUT2D eigenvalue weighted by molar-refractivity contribution is 5.91. The summed E-state index contributed by atoms with van der Waals surface area (Å²) in [6.45, 7) is 4.54. The Balaban J connectivity index is 1.42. The second-order valence-electron chi connectivity index (χ2n) is 7.23. The normalized spacial score (nSPS) is 14.4. The fraction of sp³-hybridized carbons (Fsp3) is 0.300. The number of amides is 1. The molecule has 11 heteroatoms. The first-order valence-electron chi connectivity index (χ1n) is 9.63. The van der Waals surface area contributed by atoms with Gasteiger partial charge < -0.3 is 14.7 Å². The highest BCUT2D eigenvalue weighted by Gasteiger charge is 2.22. The Morgan fingerprint density at radius 3 is 2.71 bits per heavy atom. The van der Waals surface area contributed by atoms with Gasteiger partial charge in [0.1, 0.15) is 11.6 Å². The maximum atomic E-state index is 12.2. The summed E-state index contributed by atoms with van der Waals surface area (Å²) in [4.78, 5) is 31.4. The zero-order valence-electron chi connectivity index (χ0n) is 16.7. The van der Waals surface area contributed by atoms with Crippen molar-refractivity contribution in [3.05, 3.63) is 51.8 Å². The molecule has 1 amide bonds. The molecule has 0 bridgehead atoms. The van der Waals surface area contributed by atoms with Crippen LogP contribution in [0.5, 0.6) is 0 Å². The molecule has 11 nitrogen and oxygen atoms in total. The Labute approximate surface area is 177 Å². The lowest BCUT2D eigenvalue weighted by Gasteiger charge is -2.35. The molecule has 4 rings (SSSR count). The van der Waals surface area contributed by atoms with Crippen molar-refractivity contribution in [1.82, 2.24) is 15.0 Å². The van der Waals surface area contributed by atoms with Crippen LogP contribution in [0.4, 0.5) is 17.3 Å². The summed E-state index contributed by atoms with van der Waals surface area (Å²) in [5, 5.41) is 27.5. The number of nitro groups is 1. The van der Waals surface area contributed by atoms with E-state index in [1.54, 1.807) is 25.1 Å². The quantitative estimate of drug-likeness (QED) is 0.484. The molecule has 3 heterocycles. The number of rotatable bonds is 5. The van der Waals surface area contributed by atoms with Gasteiger partial charge in [0.2, 0.25) is 5.91 Å². The SMILES string of the molecule is Cc1cc(NC(=O)CN2CCN(c3cc(C#N)c4cc([N+](=O)[O-])ccc4n3)CC2)no1. The standard InChI is InChI=1S/C20H19N7O4/c1-13-8-18(24-31-13)23-20(28)12-25-4-6-26(7-5-25)19-9-14(11-21)16-10-15(27(29)30)2-3-17(16)22-19/h2-3,8-10H,4-7,12H2,1H3,(H,23,24,28). The fourth-order valence-corrected chi connectivity index (χ4v) is 3.51. The van der Waals surface area contributed by atoms with Gasteiger partial charge in [-0.2, -0.15) is 5.26 Å². The van der Waals surface area contributed by atoms with Crippen LogP contribution in [0.25, 0.3) is 10.9 Å². The number of piperazine rings is 1. The van der Waals surface area contributed by atoms with E-state index in [-0.39, 0.29) is 18.1 Å². The number of nitriles is 1. The average molecular weight is 421 g/mol. The third-order valence-electron chi connectivity index (χ3n) is 5.07.